The third-order valence-electron chi connectivity index (χ3n) is 3.05. The quantitative estimate of drug-likeness (QED) is 0.750. The van der Waals surface area contributed by atoms with Crippen molar-refractivity contribution in [1.29, 1.82) is 0 Å². The van der Waals surface area contributed by atoms with E-state index in [1.807, 2.05) is 0 Å². The molecule has 0 saturated carbocycles. The minimum absolute atomic E-state index is 0.0584. The molecule has 2 aromatic rings. The van der Waals surface area contributed by atoms with Crippen LogP contribution in [0, 0.1) is 0 Å². The molecular weight excluding hydrogens is 300 g/mol. The molecule has 0 bridgehead atoms. The van der Waals surface area contributed by atoms with Crippen LogP contribution in [0.15, 0.2) is 54.6 Å². The molecule has 0 unspecified atom stereocenters. The summed E-state index contributed by atoms with van der Waals surface area (Å²) in [7, 11) is 0. The molecule has 0 aliphatic carbocycles. The zero-order valence-corrected chi connectivity index (χ0v) is 12.0. The van der Waals surface area contributed by atoms with Crippen molar-refractivity contribution in [3.8, 4) is 0 Å². The Kier molecular flexibility index (Phi) is 4.93. The van der Waals surface area contributed by atoms with Crippen LogP contribution in [0.25, 0.3) is 0 Å². The molecular formula is C16H14N2O5. The zero-order valence-electron chi connectivity index (χ0n) is 12.0. The highest BCUT2D eigenvalue weighted by Gasteiger charge is 2.20. The van der Waals surface area contributed by atoms with E-state index in [0.717, 1.165) is 0 Å². The highest BCUT2D eigenvalue weighted by atomic mass is 16.4. The van der Waals surface area contributed by atoms with Crippen molar-refractivity contribution in [2.24, 2.45) is 0 Å². The third-order valence-corrected chi connectivity index (χ3v) is 3.05. The Morgan fingerprint density at radius 1 is 0.870 bits per heavy atom. The standard InChI is InChI=1S/C16H14N2O5/c19-14(12-8-4-5-9-13(12)15(20)21)17-18(16(22)23)10-11-6-2-1-3-7-11/h1-9H,10H2,(H,17,19)(H,20,21)(H,22,23). The summed E-state index contributed by atoms with van der Waals surface area (Å²) in [5.41, 5.74) is 2.58. The summed E-state index contributed by atoms with van der Waals surface area (Å²) in [6.07, 6.45) is -1.35. The number of hydrazine groups is 1. The summed E-state index contributed by atoms with van der Waals surface area (Å²) < 4.78 is 0. The van der Waals surface area contributed by atoms with E-state index in [9.17, 15) is 19.5 Å². The Hall–Kier alpha value is -3.35. The maximum atomic E-state index is 12.2. The lowest BCUT2D eigenvalue weighted by Crippen LogP contribution is -2.45. The lowest BCUT2D eigenvalue weighted by atomic mass is 10.1. The molecule has 3 N–H and O–H groups in total. The second kappa shape index (κ2) is 7.08. The second-order valence-electron chi connectivity index (χ2n) is 4.65. The van der Waals surface area contributed by atoms with Crippen molar-refractivity contribution in [3.05, 3.63) is 71.3 Å². The first-order valence-electron chi connectivity index (χ1n) is 6.66. The largest absolute Gasteiger partial charge is 0.478 e. The minimum atomic E-state index is -1.35. The van der Waals surface area contributed by atoms with Crippen LogP contribution in [0.3, 0.4) is 0 Å². The number of carbonyl (C=O) groups excluding carboxylic acids is 1. The SMILES string of the molecule is O=C(O)c1ccccc1C(=O)NN(Cc1ccccc1)C(=O)O. The van der Waals surface area contributed by atoms with Crippen LogP contribution < -0.4 is 5.43 Å². The van der Waals surface area contributed by atoms with E-state index < -0.39 is 18.0 Å². The highest BCUT2D eigenvalue weighted by Crippen LogP contribution is 2.10. The number of carboxylic acid groups (broad SMARTS) is 2. The van der Waals surface area contributed by atoms with Gasteiger partial charge < -0.3 is 10.2 Å². The Balaban J connectivity index is 2.19. The van der Waals surface area contributed by atoms with Gasteiger partial charge in [0.15, 0.2) is 0 Å². The van der Waals surface area contributed by atoms with E-state index >= 15 is 0 Å². The summed E-state index contributed by atoms with van der Waals surface area (Å²) in [5.74, 6) is -2.07. The van der Waals surface area contributed by atoms with Crippen molar-refractivity contribution in [2.45, 2.75) is 6.54 Å². The molecule has 0 aliphatic heterocycles. The number of hydrogen-bond donors (Lipinski definition) is 3. The summed E-state index contributed by atoms with van der Waals surface area (Å²) in [4.78, 5) is 34.6. The Morgan fingerprint density at radius 2 is 1.43 bits per heavy atom. The molecule has 0 spiro atoms. The molecule has 7 nitrogen and oxygen atoms in total. The van der Waals surface area contributed by atoms with Crippen LogP contribution in [0.1, 0.15) is 26.3 Å². The summed E-state index contributed by atoms with van der Waals surface area (Å²) in [6, 6.07) is 14.3. The zero-order chi connectivity index (χ0) is 16.8. The van der Waals surface area contributed by atoms with Crippen LogP contribution in [-0.2, 0) is 6.54 Å². The van der Waals surface area contributed by atoms with Gasteiger partial charge in [0.1, 0.15) is 0 Å². The average Bonchev–Trinajstić information content (AvgIpc) is 2.55. The third kappa shape index (κ3) is 4.07. The van der Waals surface area contributed by atoms with E-state index in [4.69, 9.17) is 5.11 Å². The van der Waals surface area contributed by atoms with Gasteiger partial charge in [0.25, 0.3) is 5.91 Å². The van der Waals surface area contributed by atoms with Gasteiger partial charge in [-0.3, -0.25) is 10.2 Å². The van der Waals surface area contributed by atoms with E-state index in [-0.39, 0.29) is 17.7 Å². The summed E-state index contributed by atoms with van der Waals surface area (Å²) >= 11 is 0. The van der Waals surface area contributed by atoms with E-state index in [1.54, 1.807) is 30.3 Å². The lowest BCUT2D eigenvalue weighted by molar-refractivity contribution is 0.0678. The molecule has 2 rings (SSSR count). The predicted octanol–water partition coefficient (Wildman–Crippen LogP) is 2.21. The predicted molar refractivity (Wildman–Crippen MR) is 80.9 cm³/mol. The van der Waals surface area contributed by atoms with Crippen molar-refractivity contribution >= 4 is 18.0 Å². The lowest BCUT2D eigenvalue weighted by Gasteiger charge is -2.20. The first kappa shape index (κ1) is 16.0. The topological polar surface area (TPSA) is 107 Å². The van der Waals surface area contributed by atoms with Gasteiger partial charge in [0.05, 0.1) is 17.7 Å². The Labute approximate surface area is 131 Å². The van der Waals surface area contributed by atoms with Crippen molar-refractivity contribution in [2.75, 3.05) is 0 Å². The molecule has 118 valence electrons. The van der Waals surface area contributed by atoms with Gasteiger partial charge in [0.2, 0.25) is 0 Å². The van der Waals surface area contributed by atoms with Crippen molar-refractivity contribution in [1.82, 2.24) is 10.4 Å². The molecule has 7 heteroatoms. The van der Waals surface area contributed by atoms with E-state index in [1.165, 1.54) is 24.3 Å². The van der Waals surface area contributed by atoms with Crippen molar-refractivity contribution in [3.63, 3.8) is 0 Å². The van der Waals surface area contributed by atoms with Gasteiger partial charge >= 0.3 is 12.1 Å². The molecule has 2 aromatic carbocycles. The number of benzene rings is 2. The fourth-order valence-corrected chi connectivity index (χ4v) is 1.97. The molecule has 0 atom stereocenters. The molecule has 0 saturated heterocycles. The maximum absolute atomic E-state index is 12.2. The molecule has 0 radical (unpaired) electrons. The first-order chi connectivity index (χ1) is 11.0. The van der Waals surface area contributed by atoms with Crippen LogP contribution >= 0.6 is 0 Å². The molecule has 23 heavy (non-hydrogen) atoms. The Morgan fingerprint density at radius 3 is 2.00 bits per heavy atom. The Bertz CT molecular complexity index is 730. The van der Waals surface area contributed by atoms with Gasteiger partial charge in [-0.25, -0.2) is 14.6 Å². The van der Waals surface area contributed by atoms with E-state index in [0.29, 0.717) is 10.6 Å². The minimum Gasteiger partial charge on any atom is -0.478 e. The van der Waals surface area contributed by atoms with Gasteiger partial charge in [-0.05, 0) is 17.7 Å². The smallest absolute Gasteiger partial charge is 0.426 e. The summed E-state index contributed by atoms with van der Waals surface area (Å²) in [6.45, 7) is -0.0584. The number of nitrogens with zero attached hydrogens (tertiary/aromatic N) is 1. The van der Waals surface area contributed by atoms with Crippen LogP contribution in [0.5, 0.6) is 0 Å². The number of carbonyl (C=O) groups is 3. The average molecular weight is 314 g/mol. The van der Waals surface area contributed by atoms with Crippen LogP contribution in [-0.4, -0.2) is 33.2 Å². The van der Waals surface area contributed by atoms with Crippen LogP contribution in [0.2, 0.25) is 0 Å². The van der Waals surface area contributed by atoms with E-state index in [2.05, 4.69) is 5.43 Å². The second-order valence-corrected chi connectivity index (χ2v) is 4.65. The number of amides is 2. The van der Waals surface area contributed by atoms with Crippen LogP contribution in [0.4, 0.5) is 4.79 Å². The number of aromatic carboxylic acids is 1. The molecule has 0 heterocycles. The number of hydrogen-bond acceptors (Lipinski definition) is 3. The number of carboxylic acids is 1. The van der Waals surface area contributed by atoms with Crippen molar-refractivity contribution < 1.29 is 24.6 Å². The normalized spacial score (nSPS) is 9.91. The fourth-order valence-electron chi connectivity index (χ4n) is 1.97. The van der Waals surface area contributed by atoms with Gasteiger partial charge in [-0.15, -0.1) is 0 Å². The van der Waals surface area contributed by atoms with Gasteiger partial charge in [-0.1, -0.05) is 42.5 Å². The molecule has 0 fully saturated rings. The molecule has 0 aliphatic rings. The maximum Gasteiger partial charge on any atom is 0.426 e. The number of nitrogens with one attached hydrogen (secondary N) is 1. The monoisotopic (exact) mass is 314 g/mol. The highest BCUT2D eigenvalue weighted by molar-refractivity contribution is 6.04. The number of rotatable bonds is 4. The molecule has 0 aromatic heterocycles. The van der Waals surface area contributed by atoms with Gasteiger partial charge in [-0.2, -0.15) is 0 Å². The first-order valence-corrected chi connectivity index (χ1v) is 6.66. The molecule has 2 amide bonds. The summed E-state index contributed by atoms with van der Waals surface area (Å²) in [5, 5.41) is 19.0. The fraction of sp³-hybridized carbons (Fsp3) is 0.0625. The van der Waals surface area contributed by atoms with Gasteiger partial charge in [0, 0.05) is 0 Å².